The smallest absolute Gasteiger partial charge is 0.161 e. The maximum absolute atomic E-state index is 10.8. The van der Waals surface area contributed by atoms with Crippen molar-refractivity contribution in [2.45, 2.75) is 19.8 Å². The molecule has 0 saturated heterocycles. The van der Waals surface area contributed by atoms with Crippen molar-refractivity contribution in [3.63, 3.8) is 0 Å². The number of hydrogen-bond donors (Lipinski definition) is 0. The number of ether oxygens (including phenoxy) is 1. The Balaban J connectivity index is 2.03. The Morgan fingerprint density at radius 1 is 1.67 bits per heavy atom. The van der Waals surface area contributed by atoms with E-state index >= 15 is 0 Å². The number of hydrogen-bond acceptors (Lipinski definition) is 2. The molecule has 0 aliphatic heterocycles. The number of carbonyl (C=O) groups excluding carboxylic acids is 1. The average molecular weight is 128 g/mol. The zero-order chi connectivity index (χ0) is 6.69. The van der Waals surface area contributed by atoms with Crippen molar-refractivity contribution in [3.8, 4) is 0 Å². The molecule has 0 aromatic rings. The third-order valence-corrected chi connectivity index (χ3v) is 1.48. The van der Waals surface area contributed by atoms with Gasteiger partial charge in [0.1, 0.15) is 6.61 Å². The fourth-order valence-electron chi connectivity index (χ4n) is 0.726. The molecule has 2 heteroatoms. The summed E-state index contributed by atoms with van der Waals surface area (Å²) in [6, 6.07) is 0. The molecule has 0 heterocycles. The van der Waals surface area contributed by atoms with Crippen LogP contribution in [0.4, 0.5) is 0 Å². The first-order valence-electron chi connectivity index (χ1n) is 3.45. The van der Waals surface area contributed by atoms with Crippen molar-refractivity contribution in [2.24, 2.45) is 5.92 Å². The van der Waals surface area contributed by atoms with E-state index in [1.165, 1.54) is 0 Å². The summed E-state index contributed by atoms with van der Waals surface area (Å²) in [5.74, 6) is 0.647. The monoisotopic (exact) mass is 128 g/mol. The molecule has 0 atom stereocenters. The van der Waals surface area contributed by atoms with Crippen molar-refractivity contribution in [1.82, 2.24) is 0 Å². The molecule has 1 saturated carbocycles. The summed E-state index contributed by atoms with van der Waals surface area (Å²) in [5, 5.41) is 0. The highest BCUT2D eigenvalue weighted by atomic mass is 16.5. The molecule has 9 heavy (non-hydrogen) atoms. The fraction of sp³-hybridized carbons (Fsp3) is 0.857. The lowest BCUT2D eigenvalue weighted by Gasteiger charge is -1.96. The molecule has 0 bridgehead atoms. The molecule has 0 radical (unpaired) electrons. The van der Waals surface area contributed by atoms with Crippen LogP contribution in [-0.4, -0.2) is 19.0 Å². The van der Waals surface area contributed by atoms with Crippen LogP contribution in [0.25, 0.3) is 0 Å². The molecule has 1 aliphatic carbocycles. The van der Waals surface area contributed by atoms with Crippen LogP contribution in [0.2, 0.25) is 0 Å². The third kappa shape index (κ3) is 2.14. The van der Waals surface area contributed by atoms with Crippen LogP contribution in [0.3, 0.4) is 0 Å². The van der Waals surface area contributed by atoms with Gasteiger partial charge in [0, 0.05) is 12.5 Å². The molecule has 1 rings (SSSR count). The minimum Gasteiger partial charge on any atom is -0.374 e. The van der Waals surface area contributed by atoms with Crippen LogP contribution in [0, 0.1) is 5.92 Å². The molecule has 1 aliphatic rings. The van der Waals surface area contributed by atoms with Gasteiger partial charge in [-0.1, -0.05) is 0 Å². The Morgan fingerprint density at radius 3 is 2.78 bits per heavy atom. The highest BCUT2D eigenvalue weighted by molar-refractivity contribution is 5.84. The predicted molar refractivity (Wildman–Crippen MR) is 34.2 cm³/mol. The van der Waals surface area contributed by atoms with Crippen LogP contribution < -0.4 is 0 Å². The van der Waals surface area contributed by atoms with Crippen LogP contribution in [0.15, 0.2) is 0 Å². The normalized spacial score (nSPS) is 17.9. The quantitative estimate of drug-likeness (QED) is 0.564. The van der Waals surface area contributed by atoms with E-state index in [1.807, 2.05) is 6.92 Å². The molecule has 0 spiro atoms. The second-order valence-electron chi connectivity index (χ2n) is 2.38. The van der Waals surface area contributed by atoms with Crippen LogP contribution in [-0.2, 0) is 9.53 Å². The van der Waals surface area contributed by atoms with Gasteiger partial charge >= 0.3 is 0 Å². The van der Waals surface area contributed by atoms with E-state index in [-0.39, 0.29) is 5.78 Å². The summed E-state index contributed by atoms with van der Waals surface area (Å²) >= 11 is 0. The Hall–Kier alpha value is -0.370. The van der Waals surface area contributed by atoms with E-state index in [4.69, 9.17) is 4.74 Å². The van der Waals surface area contributed by atoms with Crippen LogP contribution in [0.1, 0.15) is 19.8 Å². The lowest BCUT2D eigenvalue weighted by molar-refractivity contribution is -0.124. The first-order valence-corrected chi connectivity index (χ1v) is 3.45. The highest BCUT2D eigenvalue weighted by Crippen LogP contribution is 2.29. The maximum atomic E-state index is 10.8. The van der Waals surface area contributed by atoms with Crippen molar-refractivity contribution in [3.05, 3.63) is 0 Å². The SMILES string of the molecule is CCOCC(=O)C1CC1. The molecular formula is C7H12O2. The van der Waals surface area contributed by atoms with E-state index in [1.54, 1.807) is 0 Å². The van der Waals surface area contributed by atoms with Crippen molar-refractivity contribution < 1.29 is 9.53 Å². The molecule has 0 unspecified atom stereocenters. The van der Waals surface area contributed by atoms with E-state index in [0.717, 1.165) is 12.8 Å². The summed E-state index contributed by atoms with van der Waals surface area (Å²) < 4.78 is 4.95. The van der Waals surface area contributed by atoms with Crippen LogP contribution in [0.5, 0.6) is 0 Å². The summed E-state index contributed by atoms with van der Waals surface area (Å²) in [4.78, 5) is 10.8. The fourth-order valence-corrected chi connectivity index (χ4v) is 0.726. The molecule has 52 valence electrons. The molecule has 0 aromatic carbocycles. The van der Waals surface area contributed by atoms with Gasteiger partial charge in [-0.05, 0) is 19.8 Å². The van der Waals surface area contributed by atoms with Gasteiger partial charge in [-0.2, -0.15) is 0 Å². The number of rotatable bonds is 4. The van der Waals surface area contributed by atoms with Gasteiger partial charge in [-0.15, -0.1) is 0 Å². The number of carbonyl (C=O) groups is 1. The first kappa shape index (κ1) is 6.75. The molecule has 2 nitrogen and oxygen atoms in total. The third-order valence-electron chi connectivity index (χ3n) is 1.48. The zero-order valence-electron chi connectivity index (χ0n) is 5.72. The average Bonchev–Trinajstić information content (AvgIpc) is 2.63. The molecule has 1 fully saturated rings. The maximum Gasteiger partial charge on any atom is 0.161 e. The summed E-state index contributed by atoms with van der Waals surface area (Å²) in [5.41, 5.74) is 0. The highest BCUT2D eigenvalue weighted by Gasteiger charge is 2.28. The summed E-state index contributed by atoms with van der Waals surface area (Å²) in [7, 11) is 0. The van der Waals surface area contributed by atoms with Gasteiger partial charge in [-0.25, -0.2) is 0 Å². The Kier molecular flexibility index (Phi) is 2.22. The molecular weight excluding hydrogens is 116 g/mol. The second kappa shape index (κ2) is 2.97. The van der Waals surface area contributed by atoms with E-state index in [0.29, 0.717) is 19.1 Å². The van der Waals surface area contributed by atoms with Crippen molar-refractivity contribution in [2.75, 3.05) is 13.2 Å². The van der Waals surface area contributed by atoms with E-state index < -0.39 is 0 Å². The largest absolute Gasteiger partial charge is 0.374 e. The first-order chi connectivity index (χ1) is 4.34. The standard InChI is InChI=1S/C7H12O2/c1-2-9-5-7(8)6-3-4-6/h6H,2-5H2,1H3. The summed E-state index contributed by atoms with van der Waals surface area (Å²) in [6.45, 7) is 2.89. The number of ketones is 1. The predicted octanol–water partition coefficient (Wildman–Crippen LogP) is 1.00. The molecule has 0 amide bonds. The van der Waals surface area contributed by atoms with Gasteiger partial charge in [0.2, 0.25) is 0 Å². The minimum absolute atomic E-state index is 0.289. The Bertz CT molecular complexity index is 105. The van der Waals surface area contributed by atoms with E-state index in [2.05, 4.69) is 0 Å². The Morgan fingerprint density at radius 2 is 2.33 bits per heavy atom. The van der Waals surface area contributed by atoms with Gasteiger partial charge in [0.15, 0.2) is 5.78 Å². The summed E-state index contributed by atoms with van der Waals surface area (Å²) in [6.07, 6.45) is 2.18. The minimum atomic E-state index is 0.289. The topological polar surface area (TPSA) is 26.3 Å². The van der Waals surface area contributed by atoms with Crippen molar-refractivity contribution in [1.29, 1.82) is 0 Å². The van der Waals surface area contributed by atoms with Gasteiger partial charge in [0.25, 0.3) is 0 Å². The van der Waals surface area contributed by atoms with Gasteiger partial charge in [-0.3, -0.25) is 4.79 Å². The Labute approximate surface area is 55.2 Å². The zero-order valence-corrected chi connectivity index (χ0v) is 5.72. The van der Waals surface area contributed by atoms with Gasteiger partial charge < -0.3 is 4.74 Å². The molecule has 0 N–H and O–H groups in total. The van der Waals surface area contributed by atoms with E-state index in [9.17, 15) is 4.79 Å². The number of Topliss-reactive ketones (excluding diaryl/α,β-unsaturated/α-hetero) is 1. The lowest BCUT2D eigenvalue weighted by Crippen LogP contribution is -2.09. The lowest BCUT2D eigenvalue weighted by atomic mass is 10.3. The second-order valence-corrected chi connectivity index (χ2v) is 2.38. The van der Waals surface area contributed by atoms with Crippen molar-refractivity contribution >= 4 is 5.78 Å². The van der Waals surface area contributed by atoms with Gasteiger partial charge in [0.05, 0.1) is 0 Å². The van der Waals surface area contributed by atoms with Crippen LogP contribution >= 0.6 is 0 Å². The molecule has 0 aromatic heterocycles.